The Morgan fingerprint density at radius 2 is 2.12 bits per heavy atom. The van der Waals surface area contributed by atoms with Gasteiger partial charge < -0.3 is 20.3 Å². The van der Waals surface area contributed by atoms with Crippen molar-refractivity contribution in [3.8, 4) is 5.75 Å². The molecule has 0 spiro atoms. The van der Waals surface area contributed by atoms with Crippen LogP contribution in [0, 0.1) is 0 Å². The van der Waals surface area contributed by atoms with Crippen molar-refractivity contribution in [3.63, 3.8) is 0 Å². The number of hydrogen-bond acceptors (Lipinski definition) is 6. The number of pyridine rings is 1. The van der Waals surface area contributed by atoms with Gasteiger partial charge in [0.15, 0.2) is 0 Å². The van der Waals surface area contributed by atoms with Crippen LogP contribution in [0.2, 0.25) is 0 Å². The van der Waals surface area contributed by atoms with E-state index < -0.39 is 11.7 Å². The second-order valence-corrected chi connectivity index (χ2v) is 6.53. The molecule has 138 valence electrons. The first kappa shape index (κ1) is 18.3. The number of ether oxygens (including phenoxy) is 1. The van der Waals surface area contributed by atoms with Crippen molar-refractivity contribution in [2.45, 2.75) is 18.2 Å². The molecule has 2 atom stereocenters. The molecule has 1 aliphatic rings. The van der Waals surface area contributed by atoms with E-state index in [1.807, 2.05) is 29.2 Å². The van der Waals surface area contributed by atoms with Gasteiger partial charge in [0.2, 0.25) is 0 Å². The van der Waals surface area contributed by atoms with Crippen molar-refractivity contribution >= 4 is 5.91 Å². The van der Waals surface area contributed by atoms with E-state index in [0.717, 1.165) is 11.3 Å². The minimum absolute atomic E-state index is 0.0390. The molecule has 0 unspecified atom stereocenters. The number of carbonyl (C=O) groups is 1. The summed E-state index contributed by atoms with van der Waals surface area (Å²) in [6, 6.07) is 12.7. The van der Waals surface area contributed by atoms with Crippen molar-refractivity contribution in [1.29, 1.82) is 0 Å². The standard InChI is InChI=1S/C19H23N3O4/c1-26-15-7-5-14(6-8-15)10-22-11-17(23)19(25,13-22)12-21-18(24)16-4-2-3-9-20-16/h2-9,17,23,25H,10-13H2,1H3,(H,21,24)/t17-,19+/m1/s1. The van der Waals surface area contributed by atoms with Gasteiger partial charge in [-0.2, -0.15) is 0 Å². The topological polar surface area (TPSA) is 94.9 Å². The number of methoxy groups -OCH3 is 1. The van der Waals surface area contributed by atoms with E-state index in [9.17, 15) is 15.0 Å². The zero-order valence-corrected chi connectivity index (χ0v) is 14.6. The summed E-state index contributed by atoms with van der Waals surface area (Å²) in [5, 5.41) is 23.7. The van der Waals surface area contributed by atoms with Crippen LogP contribution in [0.15, 0.2) is 48.7 Å². The Hall–Kier alpha value is -2.48. The predicted molar refractivity (Wildman–Crippen MR) is 95.8 cm³/mol. The van der Waals surface area contributed by atoms with Crippen molar-refractivity contribution < 1.29 is 19.7 Å². The molecule has 1 aromatic carbocycles. The quantitative estimate of drug-likeness (QED) is 0.694. The minimum atomic E-state index is -1.39. The molecule has 0 radical (unpaired) electrons. The average molecular weight is 357 g/mol. The van der Waals surface area contributed by atoms with Crippen molar-refractivity contribution in [2.24, 2.45) is 0 Å². The molecule has 1 saturated heterocycles. The smallest absolute Gasteiger partial charge is 0.269 e. The van der Waals surface area contributed by atoms with Crippen LogP contribution in [0.1, 0.15) is 16.1 Å². The molecule has 1 fully saturated rings. The minimum Gasteiger partial charge on any atom is -0.497 e. The summed E-state index contributed by atoms with van der Waals surface area (Å²) in [6.45, 7) is 1.16. The molecule has 2 heterocycles. The van der Waals surface area contributed by atoms with Crippen molar-refractivity contribution in [2.75, 3.05) is 26.7 Å². The van der Waals surface area contributed by atoms with Gasteiger partial charge in [-0.1, -0.05) is 18.2 Å². The molecular weight excluding hydrogens is 334 g/mol. The zero-order valence-electron chi connectivity index (χ0n) is 14.6. The van der Waals surface area contributed by atoms with E-state index in [2.05, 4.69) is 10.3 Å². The number of nitrogens with one attached hydrogen (secondary N) is 1. The molecule has 0 saturated carbocycles. The van der Waals surface area contributed by atoms with Crippen LogP contribution in [0.4, 0.5) is 0 Å². The monoisotopic (exact) mass is 357 g/mol. The van der Waals surface area contributed by atoms with E-state index in [1.165, 1.54) is 6.20 Å². The maximum atomic E-state index is 12.1. The number of hydrogen-bond donors (Lipinski definition) is 3. The van der Waals surface area contributed by atoms with Gasteiger partial charge in [0, 0.05) is 25.8 Å². The maximum Gasteiger partial charge on any atom is 0.269 e. The summed E-state index contributed by atoms with van der Waals surface area (Å²) in [5.41, 5.74) is -0.0601. The Morgan fingerprint density at radius 3 is 2.77 bits per heavy atom. The third kappa shape index (κ3) is 4.19. The van der Waals surface area contributed by atoms with Gasteiger partial charge in [0.05, 0.1) is 19.8 Å². The lowest BCUT2D eigenvalue weighted by molar-refractivity contribution is -0.0377. The predicted octanol–water partition coefficient (Wildman–Crippen LogP) is 0.428. The summed E-state index contributed by atoms with van der Waals surface area (Å²) in [5.74, 6) is 0.406. The molecule has 26 heavy (non-hydrogen) atoms. The molecular formula is C19H23N3O4. The number of aliphatic hydroxyl groups is 2. The van der Waals surface area contributed by atoms with Crippen LogP contribution in [0.5, 0.6) is 5.75 Å². The maximum absolute atomic E-state index is 12.1. The molecule has 3 rings (SSSR count). The Labute approximate surface area is 152 Å². The highest BCUT2D eigenvalue weighted by Gasteiger charge is 2.44. The number of benzene rings is 1. The van der Waals surface area contributed by atoms with Crippen LogP contribution in [-0.4, -0.2) is 64.5 Å². The SMILES string of the molecule is COc1ccc(CN2C[C@@H](O)[C@](O)(CNC(=O)c3ccccn3)C2)cc1. The van der Waals surface area contributed by atoms with Crippen molar-refractivity contribution in [1.82, 2.24) is 15.2 Å². The number of β-amino-alcohol motifs (C(OH)–C–C–N with tert-alkyl or cyclic N) is 2. The fourth-order valence-electron chi connectivity index (χ4n) is 3.08. The molecule has 1 aliphatic heterocycles. The number of rotatable bonds is 6. The number of carbonyl (C=O) groups excluding carboxylic acids is 1. The normalized spacial score (nSPS) is 23.0. The van der Waals surface area contributed by atoms with Gasteiger partial charge in [-0.25, -0.2) is 0 Å². The second kappa shape index (κ2) is 7.82. The van der Waals surface area contributed by atoms with E-state index >= 15 is 0 Å². The number of aromatic nitrogens is 1. The lowest BCUT2D eigenvalue weighted by Crippen LogP contribution is -2.51. The second-order valence-electron chi connectivity index (χ2n) is 6.53. The van der Waals surface area contributed by atoms with E-state index in [-0.39, 0.29) is 24.7 Å². The van der Waals surface area contributed by atoms with Gasteiger partial charge in [0.25, 0.3) is 5.91 Å². The molecule has 7 nitrogen and oxygen atoms in total. The fraction of sp³-hybridized carbons (Fsp3) is 0.368. The van der Waals surface area contributed by atoms with E-state index in [1.54, 1.807) is 25.3 Å². The lowest BCUT2D eigenvalue weighted by atomic mass is 10.0. The van der Waals surface area contributed by atoms with Crippen molar-refractivity contribution in [3.05, 3.63) is 59.9 Å². The fourth-order valence-corrected chi connectivity index (χ4v) is 3.08. The number of amides is 1. The van der Waals surface area contributed by atoms with Crippen LogP contribution in [0.3, 0.4) is 0 Å². The number of likely N-dealkylation sites (tertiary alicyclic amines) is 1. The highest BCUT2D eigenvalue weighted by Crippen LogP contribution is 2.24. The van der Waals surface area contributed by atoms with Gasteiger partial charge in [-0.05, 0) is 29.8 Å². The zero-order chi connectivity index (χ0) is 18.6. The van der Waals surface area contributed by atoms with Gasteiger partial charge >= 0.3 is 0 Å². The first-order valence-electron chi connectivity index (χ1n) is 8.45. The third-order valence-corrected chi connectivity index (χ3v) is 4.57. The van der Waals surface area contributed by atoms with Crippen LogP contribution in [0.25, 0.3) is 0 Å². The number of aliphatic hydroxyl groups excluding tert-OH is 1. The summed E-state index contributed by atoms with van der Waals surface area (Å²) < 4.78 is 5.14. The molecule has 7 heteroatoms. The summed E-state index contributed by atoms with van der Waals surface area (Å²) in [7, 11) is 1.62. The summed E-state index contributed by atoms with van der Waals surface area (Å²) in [4.78, 5) is 18.0. The highest BCUT2D eigenvalue weighted by atomic mass is 16.5. The molecule has 0 aliphatic carbocycles. The van der Waals surface area contributed by atoms with E-state index in [4.69, 9.17) is 4.74 Å². The van der Waals surface area contributed by atoms with E-state index in [0.29, 0.717) is 13.1 Å². The Kier molecular flexibility index (Phi) is 5.51. The largest absolute Gasteiger partial charge is 0.497 e. The first-order chi connectivity index (χ1) is 12.5. The summed E-state index contributed by atoms with van der Waals surface area (Å²) in [6.07, 6.45) is 0.592. The Morgan fingerprint density at radius 1 is 1.35 bits per heavy atom. The van der Waals surface area contributed by atoms with Gasteiger partial charge in [-0.3, -0.25) is 14.7 Å². The highest BCUT2D eigenvalue weighted by molar-refractivity contribution is 5.92. The molecule has 0 bridgehead atoms. The molecule has 3 N–H and O–H groups in total. The average Bonchev–Trinajstić information content (AvgIpc) is 2.95. The number of nitrogens with zero attached hydrogens (tertiary/aromatic N) is 2. The van der Waals surface area contributed by atoms with Crippen LogP contribution in [-0.2, 0) is 6.54 Å². The van der Waals surface area contributed by atoms with Crippen LogP contribution < -0.4 is 10.1 Å². The molecule has 2 aromatic rings. The van der Waals surface area contributed by atoms with Crippen LogP contribution >= 0.6 is 0 Å². The Balaban J connectivity index is 1.57. The molecule has 1 aromatic heterocycles. The summed E-state index contributed by atoms with van der Waals surface area (Å²) >= 11 is 0. The first-order valence-corrected chi connectivity index (χ1v) is 8.45. The Bertz CT molecular complexity index is 738. The van der Waals surface area contributed by atoms with Gasteiger partial charge in [-0.15, -0.1) is 0 Å². The molecule has 1 amide bonds. The lowest BCUT2D eigenvalue weighted by Gasteiger charge is -2.26. The van der Waals surface area contributed by atoms with Gasteiger partial charge in [0.1, 0.15) is 17.0 Å². The third-order valence-electron chi connectivity index (χ3n) is 4.57.